The number of nitrogens with zero attached hydrogens (tertiary/aromatic N) is 3. The Hall–Kier alpha value is -4.20. The number of methoxy groups -OCH3 is 3. The van der Waals surface area contributed by atoms with Gasteiger partial charge in [-0.05, 0) is 48.5 Å². The Morgan fingerprint density at radius 3 is 2.29 bits per heavy atom. The summed E-state index contributed by atoms with van der Waals surface area (Å²) in [5, 5.41) is 2.94. The van der Waals surface area contributed by atoms with Crippen LogP contribution in [0.2, 0.25) is 0 Å². The molecule has 0 bridgehead atoms. The van der Waals surface area contributed by atoms with Gasteiger partial charge in [-0.25, -0.2) is 4.98 Å². The number of rotatable bonds is 6. The Morgan fingerprint density at radius 1 is 0.912 bits per heavy atom. The summed E-state index contributed by atoms with van der Waals surface area (Å²) in [5.74, 6) is 2.10. The maximum absolute atomic E-state index is 12.9. The van der Waals surface area contributed by atoms with Crippen LogP contribution in [0.25, 0.3) is 11.0 Å². The molecule has 8 heteroatoms. The molecule has 2 heterocycles. The van der Waals surface area contributed by atoms with Crippen LogP contribution >= 0.6 is 0 Å². The first kappa shape index (κ1) is 21.6. The topological polar surface area (TPSA) is 77.9 Å². The minimum Gasteiger partial charge on any atom is -0.493 e. The largest absolute Gasteiger partial charge is 0.493 e. The molecule has 0 saturated heterocycles. The van der Waals surface area contributed by atoms with E-state index in [-0.39, 0.29) is 5.91 Å². The number of benzene rings is 3. The molecular weight excluding hydrogens is 432 g/mol. The van der Waals surface area contributed by atoms with Crippen molar-refractivity contribution in [2.45, 2.75) is 13.1 Å². The predicted molar refractivity (Wildman–Crippen MR) is 131 cm³/mol. The van der Waals surface area contributed by atoms with Crippen molar-refractivity contribution in [3.63, 3.8) is 0 Å². The SMILES string of the molecule is COc1cc(C(=O)Nc2ccc(N3CCn4c(nc5ccccc54)C3)cc2)cc(OC)c1OC. The molecule has 1 aromatic heterocycles. The van der Waals surface area contributed by atoms with E-state index in [1.165, 1.54) is 26.8 Å². The van der Waals surface area contributed by atoms with Gasteiger partial charge >= 0.3 is 0 Å². The molecule has 8 nitrogen and oxygen atoms in total. The summed E-state index contributed by atoms with van der Waals surface area (Å²) in [5.41, 5.74) is 4.41. The summed E-state index contributed by atoms with van der Waals surface area (Å²) in [6.45, 7) is 2.52. The molecule has 34 heavy (non-hydrogen) atoms. The average molecular weight is 459 g/mol. The summed E-state index contributed by atoms with van der Waals surface area (Å²) >= 11 is 0. The highest BCUT2D eigenvalue weighted by Gasteiger charge is 2.21. The van der Waals surface area contributed by atoms with Crippen LogP contribution in [0, 0.1) is 0 Å². The van der Waals surface area contributed by atoms with Crippen LogP contribution in [-0.2, 0) is 13.1 Å². The normalized spacial score (nSPS) is 12.9. The molecule has 0 fully saturated rings. The maximum atomic E-state index is 12.9. The van der Waals surface area contributed by atoms with Gasteiger partial charge in [0, 0.05) is 30.0 Å². The van der Waals surface area contributed by atoms with Crippen LogP contribution in [0.5, 0.6) is 17.2 Å². The van der Waals surface area contributed by atoms with E-state index in [9.17, 15) is 4.79 Å². The van der Waals surface area contributed by atoms with Crippen molar-refractivity contribution >= 4 is 28.3 Å². The Labute approximate surface area is 197 Å². The van der Waals surface area contributed by atoms with Gasteiger partial charge in [0.05, 0.1) is 38.9 Å². The molecule has 4 aromatic rings. The fourth-order valence-electron chi connectivity index (χ4n) is 4.36. The van der Waals surface area contributed by atoms with E-state index in [0.29, 0.717) is 28.5 Å². The lowest BCUT2D eigenvalue weighted by Gasteiger charge is -2.30. The standard InChI is InChI=1S/C26H26N4O4/c1-32-22-14-17(15-23(33-2)25(22)34-3)26(31)27-18-8-10-19(11-9-18)29-12-13-30-21-7-5-4-6-20(21)28-24(30)16-29/h4-11,14-15H,12-13,16H2,1-3H3,(H,27,31). The Morgan fingerprint density at radius 2 is 1.62 bits per heavy atom. The molecule has 0 radical (unpaired) electrons. The molecule has 1 aliphatic heterocycles. The first-order valence-corrected chi connectivity index (χ1v) is 11.0. The molecule has 1 N–H and O–H groups in total. The van der Waals surface area contributed by atoms with Crippen molar-refractivity contribution in [1.82, 2.24) is 9.55 Å². The van der Waals surface area contributed by atoms with Gasteiger partial charge in [-0.3, -0.25) is 4.79 Å². The minimum absolute atomic E-state index is 0.265. The van der Waals surface area contributed by atoms with E-state index < -0.39 is 0 Å². The number of carbonyl (C=O) groups excluding carboxylic acids is 1. The quantitative estimate of drug-likeness (QED) is 0.463. The van der Waals surface area contributed by atoms with E-state index in [1.807, 2.05) is 30.3 Å². The molecule has 1 amide bonds. The molecule has 0 aliphatic carbocycles. The van der Waals surface area contributed by atoms with E-state index in [4.69, 9.17) is 19.2 Å². The summed E-state index contributed by atoms with van der Waals surface area (Å²) in [4.78, 5) is 20.0. The van der Waals surface area contributed by atoms with Gasteiger partial charge in [-0.1, -0.05) is 12.1 Å². The third-order valence-corrected chi connectivity index (χ3v) is 6.08. The zero-order valence-electron chi connectivity index (χ0n) is 19.4. The lowest BCUT2D eigenvalue weighted by Crippen LogP contribution is -2.33. The highest BCUT2D eigenvalue weighted by Crippen LogP contribution is 2.38. The van der Waals surface area contributed by atoms with E-state index in [0.717, 1.165) is 36.7 Å². The zero-order valence-corrected chi connectivity index (χ0v) is 19.4. The molecule has 0 atom stereocenters. The molecule has 0 unspecified atom stereocenters. The highest BCUT2D eigenvalue weighted by atomic mass is 16.5. The Balaban J connectivity index is 1.31. The van der Waals surface area contributed by atoms with Crippen molar-refractivity contribution in [3.05, 3.63) is 72.1 Å². The van der Waals surface area contributed by atoms with Gasteiger partial charge in [0.15, 0.2) is 11.5 Å². The van der Waals surface area contributed by atoms with Gasteiger partial charge in [0.25, 0.3) is 5.91 Å². The fourth-order valence-corrected chi connectivity index (χ4v) is 4.36. The molecule has 174 valence electrons. The van der Waals surface area contributed by atoms with E-state index in [1.54, 1.807) is 12.1 Å². The number of imidazole rings is 1. The summed E-state index contributed by atoms with van der Waals surface area (Å²) in [7, 11) is 4.57. The number of para-hydroxylation sites is 2. The first-order chi connectivity index (χ1) is 16.6. The molecule has 3 aromatic carbocycles. The summed E-state index contributed by atoms with van der Waals surface area (Å²) in [6.07, 6.45) is 0. The van der Waals surface area contributed by atoms with Gasteiger partial charge in [-0.2, -0.15) is 0 Å². The fraction of sp³-hybridized carbons (Fsp3) is 0.231. The number of hydrogen-bond donors (Lipinski definition) is 1. The van der Waals surface area contributed by atoms with Crippen molar-refractivity contribution in [2.75, 3.05) is 38.1 Å². The smallest absolute Gasteiger partial charge is 0.255 e. The van der Waals surface area contributed by atoms with Gasteiger partial charge in [-0.15, -0.1) is 0 Å². The third kappa shape index (κ3) is 3.87. The lowest BCUT2D eigenvalue weighted by atomic mass is 10.1. The number of anilines is 2. The third-order valence-electron chi connectivity index (χ3n) is 6.08. The van der Waals surface area contributed by atoms with Gasteiger partial charge < -0.3 is 29.0 Å². The summed E-state index contributed by atoms with van der Waals surface area (Å²) in [6, 6.07) is 19.3. The Kier molecular flexibility index (Phi) is 5.71. The van der Waals surface area contributed by atoms with Crippen LogP contribution in [0.15, 0.2) is 60.7 Å². The van der Waals surface area contributed by atoms with Crippen LogP contribution in [-0.4, -0.2) is 43.3 Å². The number of carbonyl (C=O) groups is 1. The average Bonchev–Trinajstić information content (AvgIpc) is 3.26. The van der Waals surface area contributed by atoms with Crippen LogP contribution in [0.3, 0.4) is 0 Å². The number of ether oxygens (including phenoxy) is 3. The highest BCUT2D eigenvalue weighted by molar-refractivity contribution is 6.05. The first-order valence-electron chi connectivity index (χ1n) is 11.0. The zero-order chi connectivity index (χ0) is 23.7. The van der Waals surface area contributed by atoms with Gasteiger partial charge in [0.2, 0.25) is 5.75 Å². The number of fused-ring (bicyclic) bond motifs is 3. The monoisotopic (exact) mass is 458 g/mol. The molecule has 1 aliphatic rings. The number of aromatic nitrogens is 2. The Bertz CT molecular complexity index is 1320. The molecular formula is C26H26N4O4. The van der Waals surface area contributed by atoms with Crippen molar-refractivity contribution in [2.24, 2.45) is 0 Å². The van der Waals surface area contributed by atoms with E-state index >= 15 is 0 Å². The molecule has 0 saturated carbocycles. The lowest BCUT2D eigenvalue weighted by molar-refractivity contribution is 0.102. The minimum atomic E-state index is -0.265. The van der Waals surface area contributed by atoms with Crippen molar-refractivity contribution < 1.29 is 19.0 Å². The van der Waals surface area contributed by atoms with E-state index in [2.05, 4.69) is 33.0 Å². The van der Waals surface area contributed by atoms with Gasteiger partial charge in [0.1, 0.15) is 5.82 Å². The number of amides is 1. The predicted octanol–water partition coefficient (Wildman–Crippen LogP) is 4.33. The molecule has 5 rings (SSSR count). The van der Waals surface area contributed by atoms with Crippen LogP contribution < -0.4 is 24.4 Å². The second kappa shape index (κ2) is 8.97. The van der Waals surface area contributed by atoms with Crippen molar-refractivity contribution in [3.8, 4) is 17.2 Å². The maximum Gasteiger partial charge on any atom is 0.255 e. The van der Waals surface area contributed by atoms with Crippen LogP contribution in [0.1, 0.15) is 16.2 Å². The van der Waals surface area contributed by atoms with Crippen LogP contribution in [0.4, 0.5) is 11.4 Å². The number of hydrogen-bond acceptors (Lipinski definition) is 6. The molecule has 0 spiro atoms. The summed E-state index contributed by atoms with van der Waals surface area (Å²) < 4.78 is 18.3. The van der Waals surface area contributed by atoms with Crippen molar-refractivity contribution in [1.29, 1.82) is 0 Å². The second-order valence-corrected chi connectivity index (χ2v) is 8.00. The second-order valence-electron chi connectivity index (χ2n) is 8.00. The number of nitrogens with one attached hydrogen (secondary N) is 1.